The van der Waals surface area contributed by atoms with Crippen LogP contribution in [0, 0.1) is 0 Å². The summed E-state index contributed by atoms with van der Waals surface area (Å²) in [6.07, 6.45) is 7.81. The van der Waals surface area contributed by atoms with Gasteiger partial charge in [-0.2, -0.15) is 0 Å². The summed E-state index contributed by atoms with van der Waals surface area (Å²) >= 11 is 3.28. The third kappa shape index (κ3) is 13.3. The first-order valence-corrected chi connectivity index (χ1v) is 28.5. The van der Waals surface area contributed by atoms with Crippen LogP contribution in [-0.2, 0) is 19.6 Å². The van der Waals surface area contributed by atoms with Crippen molar-refractivity contribution in [1.82, 2.24) is 39.1 Å². The van der Waals surface area contributed by atoms with Crippen molar-refractivity contribution in [1.29, 1.82) is 0 Å². The molecular formula is C64H63BrN10O6. The van der Waals surface area contributed by atoms with E-state index in [4.69, 9.17) is 0 Å². The Morgan fingerprint density at radius 2 is 0.852 bits per heavy atom. The van der Waals surface area contributed by atoms with E-state index in [-0.39, 0.29) is 41.3 Å². The Hall–Kier alpha value is -8.64. The van der Waals surface area contributed by atoms with E-state index in [0.717, 1.165) is 77.2 Å². The molecule has 0 bridgehead atoms. The van der Waals surface area contributed by atoms with Crippen LogP contribution in [0.15, 0.2) is 192 Å². The first kappa shape index (κ1) is 55.7. The average molecular weight is 1150 g/mol. The molecule has 4 aliphatic heterocycles. The zero-order chi connectivity index (χ0) is 56.1. The maximum atomic E-state index is 13.2. The largest absolute Gasteiger partial charge is 0.349 e. The maximum absolute atomic E-state index is 13.2. The Labute approximate surface area is 479 Å². The highest BCUT2D eigenvalue weighted by Crippen LogP contribution is 2.26. The van der Waals surface area contributed by atoms with Crippen molar-refractivity contribution in [3.63, 3.8) is 0 Å². The van der Waals surface area contributed by atoms with Crippen molar-refractivity contribution in [3.8, 4) is 22.3 Å². The Morgan fingerprint density at radius 1 is 0.432 bits per heavy atom. The van der Waals surface area contributed by atoms with Gasteiger partial charge in [0, 0.05) is 115 Å². The van der Waals surface area contributed by atoms with Crippen molar-refractivity contribution >= 4 is 51.2 Å². The number of piperazine rings is 2. The molecule has 0 radical (unpaired) electrons. The van der Waals surface area contributed by atoms with E-state index in [1.54, 1.807) is 77.9 Å². The Balaban J connectivity index is 0.000000153. The van der Waals surface area contributed by atoms with Crippen LogP contribution in [0.1, 0.15) is 65.4 Å². The predicted molar refractivity (Wildman–Crippen MR) is 319 cm³/mol. The molecule has 4 aliphatic rings. The number of aryl methyl sites for hydroxylation is 1. The number of hydrogen-bond acceptors (Lipinski definition) is 12. The van der Waals surface area contributed by atoms with E-state index in [1.165, 1.54) is 43.2 Å². The summed E-state index contributed by atoms with van der Waals surface area (Å²) in [5.74, 6) is 0.0985. The fourth-order valence-electron chi connectivity index (χ4n) is 10.6. The summed E-state index contributed by atoms with van der Waals surface area (Å²) in [4.78, 5) is 96.8. The van der Waals surface area contributed by atoms with Gasteiger partial charge in [0.05, 0.1) is 22.3 Å². The Kier molecular flexibility index (Phi) is 18.2. The lowest BCUT2D eigenvalue weighted by molar-refractivity contribution is 0.0637. The zero-order valence-electron chi connectivity index (χ0n) is 45.0. The zero-order valence-corrected chi connectivity index (χ0v) is 46.6. The van der Waals surface area contributed by atoms with E-state index in [9.17, 15) is 28.8 Å². The lowest BCUT2D eigenvalue weighted by Crippen LogP contribution is -2.48. The first-order chi connectivity index (χ1) is 39.6. The second-order valence-corrected chi connectivity index (χ2v) is 21.0. The van der Waals surface area contributed by atoms with Gasteiger partial charge < -0.3 is 19.4 Å². The molecule has 6 aromatic carbocycles. The molecule has 2 fully saturated rings. The van der Waals surface area contributed by atoms with Gasteiger partial charge in [0.25, 0.3) is 34.7 Å². The number of nitrogens with zero attached hydrogens (tertiary/aromatic N) is 9. The van der Waals surface area contributed by atoms with Gasteiger partial charge >= 0.3 is 0 Å². The number of H-pyrrole nitrogens is 1. The molecule has 0 spiro atoms. The molecule has 2 aromatic heterocycles. The number of aromatic nitrogens is 4. The third-order valence-electron chi connectivity index (χ3n) is 14.9. The molecule has 12 rings (SSSR count). The van der Waals surface area contributed by atoms with E-state index >= 15 is 0 Å². The molecule has 0 aliphatic carbocycles. The molecule has 6 heterocycles. The Morgan fingerprint density at radius 3 is 1.31 bits per heavy atom. The number of benzene rings is 6. The number of fused-ring (bicyclic) bond motifs is 2. The lowest BCUT2D eigenvalue weighted by Gasteiger charge is -2.35. The topological polar surface area (TPSA) is 168 Å². The van der Waals surface area contributed by atoms with Gasteiger partial charge in [0.2, 0.25) is 0 Å². The van der Waals surface area contributed by atoms with Crippen molar-refractivity contribution in [2.75, 3.05) is 80.6 Å². The van der Waals surface area contributed by atoms with Crippen molar-refractivity contribution in [3.05, 3.63) is 237 Å². The number of imide groups is 2. The predicted octanol–water partition coefficient (Wildman–Crippen LogP) is 8.75. The number of hydrogen-bond donors (Lipinski definition) is 1. The standard InChI is InChI=1S/C32H31N5O3.C21H22N4O.C11H10BrNO2/c38-30-27-12-4-5-13-28(27)31(39)37(30)16-7-15-36-17-14-33-29(32(36)40)35-20-18-34(19-21-35)23-24-8-6-11-26(22-24)25-9-2-1-3-10-25;26-21-20(22-9-10-23-21)25-13-11-24(12-14-25)16-17-5-4-8-19(15-17)18-6-2-1-3-7-18;12-6-3-7-13-10(14)8-4-1-2-5-9(8)11(13)15/h1-6,8-14,17,22H,7,15-16,18-21,23H2;1-10,15H,11-14,16H2,(H,23,26);1-2,4-5H,3,6-7H2. The van der Waals surface area contributed by atoms with Gasteiger partial charge in [-0.1, -0.05) is 137 Å². The normalized spacial score (nSPS) is 15.2. The minimum Gasteiger partial charge on any atom is -0.349 e. The van der Waals surface area contributed by atoms with Crippen LogP contribution in [0.25, 0.3) is 22.3 Å². The van der Waals surface area contributed by atoms with Crippen molar-refractivity contribution < 1.29 is 19.2 Å². The number of aromatic amines is 1. The molecule has 2 saturated heterocycles. The number of anilines is 2. The second-order valence-electron chi connectivity index (χ2n) is 20.2. The fourth-order valence-corrected chi connectivity index (χ4v) is 10.9. The number of rotatable bonds is 15. The molecular weight excluding hydrogens is 1080 g/mol. The summed E-state index contributed by atoms with van der Waals surface area (Å²) in [5.41, 5.74) is 9.19. The van der Waals surface area contributed by atoms with Crippen LogP contribution in [0.4, 0.5) is 11.6 Å². The van der Waals surface area contributed by atoms with Crippen LogP contribution in [0.3, 0.4) is 0 Å². The fraction of sp³-hybridized carbons (Fsp3) is 0.250. The number of carbonyl (C=O) groups is 4. The Bertz CT molecular complexity index is 3550. The smallest absolute Gasteiger partial charge is 0.293 e. The van der Waals surface area contributed by atoms with Gasteiger partial charge in [0.1, 0.15) is 0 Å². The SMILES string of the molecule is O=C1c2ccccc2C(=O)N1CCCBr.O=C1c2ccccc2C(=O)N1CCCn1ccnc(N2CCN(Cc3cccc(-c4ccccc4)c3)CC2)c1=O.O=c1[nH]ccnc1N1CCN(Cc2cccc(-c3ccccc3)c2)CC1. The van der Waals surface area contributed by atoms with Gasteiger partial charge in [-0.05, 0) is 82.6 Å². The molecule has 0 saturated carbocycles. The number of alkyl halides is 1. The highest BCUT2D eigenvalue weighted by molar-refractivity contribution is 9.09. The van der Waals surface area contributed by atoms with Gasteiger partial charge in [-0.3, -0.25) is 48.4 Å². The van der Waals surface area contributed by atoms with E-state index < -0.39 is 0 Å². The van der Waals surface area contributed by atoms with Crippen LogP contribution in [0.2, 0.25) is 0 Å². The van der Waals surface area contributed by atoms with Gasteiger partial charge in [-0.15, -0.1) is 0 Å². The minimum atomic E-state index is -0.270. The van der Waals surface area contributed by atoms with Gasteiger partial charge in [0.15, 0.2) is 11.6 Å². The molecule has 412 valence electrons. The summed E-state index contributed by atoms with van der Waals surface area (Å²) in [6.45, 7) is 9.54. The maximum Gasteiger partial charge on any atom is 0.293 e. The third-order valence-corrected chi connectivity index (χ3v) is 15.4. The quantitative estimate of drug-likeness (QED) is 0.0767. The second kappa shape index (κ2) is 26.5. The van der Waals surface area contributed by atoms with E-state index in [0.29, 0.717) is 53.4 Å². The molecule has 4 amide bonds. The molecule has 0 atom stereocenters. The monoisotopic (exact) mass is 1150 g/mol. The molecule has 1 N–H and O–H groups in total. The molecule has 0 unspecified atom stereocenters. The van der Waals surface area contributed by atoms with Crippen molar-refractivity contribution in [2.45, 2.75) is 32.5 Å². The molecule has 17 heteroatoms. The summed E-state index contributed by atoms with van der Waals surface area (Å²) in [5, 5.41) is 0.792. The van der Waals surface area contributed by atoms with Crippen molar-refractivity contribution in [2.24, 2.45) is 0 Å². The highest BCUT2D eigenvalue weighted by atomic mass is 79.9. The lowest BCUT2D eigenvalue weighted by atomic mass is 10.0. The number of nitrogens with one attached hydrogen (secondary N) is 1. The summed E-state index contributed by atoms with van der Waals surface area (Å²) < 4.78 is 1.63. The number of carbonyl (C=O) groups excluding carboxylic acids is 4. The molecule has 16 nitrogen and oxygen atoms in total. The van der Waals surface area contributed by atoms with Gasteiger partial charge in [-0.25, -0.2) is 9.97 Å². The first-order valence-electron chi connectivity index (χ1n) is 27.4. The minimum absolute atomic E-state index is 0.114. The molecule has 81 heavy (non-hydrogen) atoms. The van der Waals surface area contributed by atoms with Crippen LogP contribution in [0.5, 0.6) is 0 Å². The number of amides is 4. The van der Waals surface area contributed by atoms with Crippen LogP contribution in [-0.4, -0.2) is 134 Å². The summed E-state index contributed by atoms with van der Waals surface area (Å²) in [6, 6.07) is 52.1. The van der Waals surface area contributed by atoms with E-state index in [1.807, 2.05) is 12.1 Å². The highest BCUT2D eigenvalue weighted by Gasteiger charge is 2.36. The van der Waals surface area contributed by atoms with Crippen LogP contribution >= 0.6 is 15.9 Å². The average Bonchev–Trinajstić information content (AvgIpc) is 4.12. The summed E-state index contributed by atoms with van der Waals surface area (Å²) in [7, 11) is 0. The molecule has 8 aromatic rings. The number of halogens is 1. The van der Waals surface area contributed by atoms with E-state index in [2.05, 4.69) is 148 Å². The van der Waals surface area contributed by atoms with Crippen LogP contribution < -0.4 is 20.9 Å².